The van der Waals surface area contributed by atoms with Gasteiger partial charge in [0, 0.05) is 25.6 Å². The lowest BCUT2D eigenvalue weighted by atomic mass is 9.96. The number of carbonyl (C=O) groups excluding carboxylic acids is 1. The maximum absolute atomic E-state index is 12.4. The third kappa shape index (κ3) is 3.97. The molecule has 1 aliphatic heterocycles. The zero-order valence-electron chi connectivity index (χ0n) is 13.0. The van der Waals surface area contributed by atoms with E-state index in [1.54, 1.807) is 7.11 Å². The third-order valence-electron chi connectivity index (χ3n) is 4.25. The summed E-state index contributed by atoms with van der Waals surface area (Å²) in [6, 6.07) is 8.26. The largest absolute Gasteiger partial charge is 0.496 e. The van der Waals surface area contributed by atoms with Crippen molar-refractivity contribution in [2.45, 2.75) is 38.6 Å². The zero-order valence-corrected chi connectivity index (χ0v) is 13.0. The van der Waals surface area contributed by atoms with Crippen molar-refractivity contribution in [1.82, 2.24) is 4.90 Å². The molecule has 1 aliphatic rings. The van der Waals surface area contributed by atoms with Crippen LogP contribution in [0.2, 0.25) is 0 Å². The van der Waals surface area contributed by atoms with Crippen LogP contribution in [0, 0.1) is 5.92 Å². The molecular weight excluding hydrogens is 264 g/mol. The number of hydrogen-bond donors (Lipinski definition) is 1. The molecule has 0 saturated carbocycles. The van der Waals surface area contributed by atoms with Crippen molar-refractivity contribution in [3.8, 4) is 5.75 Å². The fraction of sp³-hybridized carbons (Fsp3) is 0.588. The first-order chi connectivity index (χ1) is 10.2. The van der Waals surface area contributed by atoms with Crippen LogP contribution in [0.5, 0.6) is 5.75 Å². The number of hydrogen-bond acceptors (Lipinski definition) is 3. The predicted molar refractivity (Wildman–Crippen MR) is 84.3 cm³/mol. The number of nitrogens with zero attached hydrogens (tertiary/aromatic N) is 1. The number of rotatable bonds is 6. The minimum absolute atomic E-state index is 0.241. The second kappa shape index (κ2) is 7.46. The maximum Gasteiger partial charge on any atom is 0.223 e. The monoisotopic (exact) mass is 290 g/mol. The van der Waals surface area contributed by atoms with Gasteiger partial charge in [-0.05, 0) is 36.8 Å². The summed E-state index contributed by atoms with van der Waals surface area (Å²) in [7, 11) is 1.69. The molecule has 0 radical (unpaired) electrons. The van der Waals surface area contributed by atoms with Crippen LogP contribution < -0.4 is 10.5 Å². The van der Waals surface area contributed by atoms with Gasteiger partial charge in [-0.3, -0.25) is 4.79 Å². The highest BCUT2D eigenvalue weighted by Crippen LogP contribution is 2.24. The van der Waals surface area contributed by atoms with Gasteiger partial charge in [0.05, 0.1) is 7.11 Å². The van der Waals surface area contributed by atoms with Crippen molar-refractivity contribution in [2.24, 2.45) is 11.7 Å². The smallest absolute Gasteiger partial charge is 0.223 e. The van der Waals surface area contributed by atoms with Crippen molar-refractivity contribution in [2.75, 3.05) is 20.2 Å². The number of amides is 1. The normalized spacial score (nSPS) is 19.6. The van der Waals surface area contributed by atoms with Gasteiger partial charge in [-0.1, -0.05) is 25.1 Å². The van der Waals surface area contributed by atoms with Crippen molar-refractivity contribution in [3.05, 3.63) is 29.8 Å². The number of likely N-dealkylation sites (tertiary alicyclic amines) is 1. The molecule has 4 nitrogen and oxygen atoms in total. The first kappa shape index (κ1) is 15.8. The summed E-state index contributed by atoms with van der Waals surface area (Å²) in [4.78, 5) is 14.4. The molecule has 1 saturated heterocycles. The van der Waals surface area contributed by atoms with E-state index in [-0.39, 0.29) is 11.9 Å². The molecule has 1 heterocycles. The Morgan fingerprint density at radius 1 is 1.48 bits per heavy atom. The van der Waals surface area contributed by atoms with Crippen molar-refractivity contribution in [1.29, 1.82) is 0 Å². The molecule has 1 fully saturated rings. The summed E-state index contributed by atoms with van der Waals surface area (Å²) in [5.41, 5.74) is 6.91. The van der Waals surface area contributed by atoms with Crippen LogP contribution in [-0.4, -0.2) is 37.0 Å². The molecule has 2 unspecified atom stereocenters. The molecule has 1 aromatic rings. The number of ether oxygens (including phenoxy) is 1. The Morgan fingerprint density at radius 2 is 2.24 bits per heavy atom. The second-order valence-corrected chi connectivity index (χ2v) is 5.94. The quantitative estimate of drug-likeness (QED) is 0.874. The summed E-state index contributed by atoms with van der Waals surface area (Å²) in [6.07, 6.45) is 3.56. The van der Waals surface area contributed by atoms with Crippen LogP contribution in [0.15, 0.2) is 24.3 Å². The number of benzene rings is 1. The van der Waals surface area contributed by atoms with E-state index in [9.17, 15) is 4.79 Å². The first-order valence-corrected chi connectivity index (χ1v) is 7.77. The van der Waals surface area contributed by atoms with Gasteiger partial charge in [-0.15, -0.1) is 0 Å². The highest BCUT2D eigenvalue weighted by molar-refractivity contribution is 5.77. The Balaban J connectivity index is 1.92. The molecule has 116 valence electrons. The van der Waals surface area contributed by atoms with E-state index in [0.717, 1.165) is 37.1 Å². The topological polar surface area (TPSA) is 55.6 Å². The maximum atomic E-state index is 12.4. The molecule has 1 amide bonds. The van der Waals surface area contributed by atoms with Crippen LogP contribution in [0.3, 0.4) is 0 Å². The van der Waals surface area contributed by atoms with E-state index < -0.39 is 0 Å². The molecule has 21 heavy (non-hydrogen) atoms. The average Bonchev–Trinajstić information content (AvgIpc) is 2.96. The average molecular weight is 290 g/mol. The van der Waals surface area contributed by atoms with E-state index in [2.05, 4.69) is 13.0 Å². The Bertz CT molecular complexity index is 476. The van der Waals surface area contributed by atoms with Crippen molar-refractivity contribution >= 4 is 5.91 Å². The number of carbonyl (C=O) groups is 1. The third-order valence-corrected chi connectivity index (χ3v) is 4.25. The summed E-state index contributed by atoms with van der Waals surface area (Å²) in [5.74, 6) is 1.44. The highest BCUT2D eigenvalue weighted by Gasteiger charge is 2.28. The Morgan fingerprint density at radius 3 is 2.95 bits per heavy atom. The van der Waals surface area contributed by atoms with Crippen molar-refractivity contribution in [3.63, 3.8) is 0 Å². The SMILES string of the molecule is COc1ccccc1CC(C)CC(=O)N1CCCC1CN. The molecule has 0 aliphatic carbocycles. The van der Waals surface area contributed by atoms with Gasteiger partial charge in [0.15, 0.2) is 0 Å². The number of para-hydroxylation sites is 1. The molecule has 4 heteroatoms. The Kier molecular flexibility index (Phi) is 5.62. The molecule has 2 atom stereocenters. The Labute approximate surface area is 127 Å². The molecule has 1 aromatic carbocycles. The summed E-state index contributed by atoms with van der Waals surface area (Å²) in [5, 5.41) is 0. The standard InChI is InChI=1S/C17H26N2O2/c1-13(10-14-6-3-4-8-16(14)21-2)11-17(20)19-9-5-7-15(19)12-18/h3-4,6,8,13,15H,5,7,9-12,18H2,1-2H3. The van der Waals surface area contributed by atoms with Crippen LogP contribution in [0.25, 0.3) is 0 Å². The summed E-state index contributed by atoms with van der Waals surface area (Å²) >= 11 is 0. The fourth-order valence-corrected chi connectivity index (χ4v) is 3.14. The minimum atomic E-state index is 0.241. The lowest BCUT2D eigenvalue weighted by Gasteiger charge is -2.25. The minimum Gasteiger partial charge on any atom is -0.496 e. The van der Waals surface area contributed by atoms with Gasteiger partial charge in [0.1, 0.15) is 5.75 Å². The number of nitrogens with two attached hydrogens (primary N) is 1. The summed E-state index contributed by atoms with van der Waals surface area (Å²) in [6.45, 7) is 3.56. The fourth-order valence-electron chi connectivity index (χ4n) is 3.14. The van der Waals surface area contributed by atoms with Crippen LogP contribution in [-0.2, 0) is 11.2 Å². The van der Waals surface area contributed by atoms with Gasteiger partial charge in [-0.25, -0.2) is 0 Å². The first-order valence-electron chi connectivity index (χ1n) is 7.77. The molecule has 2 rings (SSSR count). The van der Waals surface area contributed by atoms with Gasteiger partial charge in [0.2, 0.25) is 5.91 Å². The van der Waals surface area contributed by atoms with E-state index >= 15 is 0 Å². The van der Waals surface area contributed by atoms with Gasteiger partial charge < -0.3 is 15.4 Å². The van der Waals surface area contributed by atoms with E-state index in [1.807, 2.05) is 23.1 Å². The molecule has 2 N–H and O–H groups in total. The number of methoxy groups -OCH3 is 1. The molecule has 0 aromatic heterocycles. The van der Waals surface area contributed by atoms with Gasteiger partial charge in [-0.2, -0.15) is 0 Å². The van der Waals surface area contributed by atoms with E-state index in [1.165, 1.54) is 0 Å². The molecule has 0 bridgehead atoms. The zero-order chi connectivity index (χ0) is 15.2. The summed E-state index contributed by atoms with van der Waals surface area (Å²) < 4.78 is 5.37. The van der Waals surface area contributed by atoms with E-state index in [4.69, 9.17) is 10.5 Å². The van der Waals surface area contributed by atoms with Gasteiger partial charge in [0.25, 0.3) is 0 Å². The van der Waals surface area contributed by atoms with Crippen LogP contribution in [0.4, 0.5) is 0 Å². The predicted octanol–water partition coefficient (Wildman–Crippen LogP) is 2.21. The Hall–Kier alpha value is -1.55. The second-order valence-electron chi connectivity index (χ2n) is 5.94. The van der Waals surface area contributed by atoms with Crippen molar-refractivity contribution < 1.29 is 9.53 Å². The van der Waals surface area contributed by atoms with Crippen LogP contribution >= 0.6 is 0 Å². The van der Waals surface area contributed by atoms with Gasteiger partial charge >= 0.3 is 0 Å². The van der Waals surface area contributed by atoms with Crippen LogP contribution in [0.1, 0.15) is 31.7 Å². The lowest BCUT2D eigenvalue weighted by Crippen LogP contribution is -2.40. The highest BCUT2D eigenvalue weighted by atomic mass is 16.5. The van der Waals surface area contributed by atoms with E-state index in [0.29, 0.717) is 18.9 Å². The molecular formula is C17H26N2O2. The molecule has 0 spiro atoms. The lowest BCUT2D eigenvalue weighted by molar-refractivity contribution is -0.132.